The first kappa shape index (κ1) is 5.87. The standard InChI is InChI=1S/C8H14/c1-3-8-6-4-5-7(8)2/h3,7H,4-6H2,1-2H3/b8-3-/t7-/m1/s1. The van der Waals surface area contributed by atoms with E-state index in [9.17, 15) is 0 Å². The maximum Gasteiger partial charge on any atom is -0.0232 e. The molecule has 0 radical (unpaired) electrons. The fourth-order valence-electron chi connectivity index (χ4n) is 1.47. The monoisotopic (exact) mass is 110 g/mol. The lowest BCUT2D eigenvalue weighted by molar-refractivity contribution is 0.695. The van der Waals surface area contributed by atoms with E-state index < -0.39 is 0 Å². The third-order valence-corrected chi connectivity index (χ3v) is 2.11. The van der Waals surface area contributed by atoms with E-state index in [-0.39, 0.29) is 0 Å². The van der Waals surface area contributed by atoms with Crippen LogP contribution < -0.4 is 0 Å². The van der Waals surface area contributed by atoms with Crippen LogP contribution in [0.4, 0.5) is 0 Å². The van der Waals surface area contributed by atoms with Gasteiger partial charge >= 0.3 is 0 Å². The summed E-state index contributed by atoms with van der Waals surface area (Å²) >= 11 is 0. The van der Waals surface area contributed by atoms with E-state index in [1.807, 2.05) is 0 Å². The summed E-state index contributed by atoms with van der Waals surface area (Å²) in [4.78, 5) is 0. The summed E-state index contributed by atoms with van der Waals surface area (Å²) in [5.74, 6) is 0.889. The number of rotatable bonds is 0. The lowest BCUT2D eigenvalue weighted by atomic mass is 10.1. The second kappa shape index (κ2) is 2.34. The van der Waals surface area contributed by atoms with E-state index in [1.54, 1.807) is 5.57 Å². The first-order valence-electron chi connectivity index (χ1n) is 3.49. The van der Waals surface area contributed by atoms with Gasteiger partial charge in [0.05, 0.1) is 0 Å². The number of allylic oxidation sites excluding steroid dienone is 2. The minimum atomic E-state index is 0.889. The van der Waals surface area contributed by atoms with Gasteiger partial charge in [0.2, 0.25) is 0 Å². The van der Waals surface area contributed by atoms with E-state index in [0.29, 0.717) is 0 Å². The van der Waals surface area contributed by atoms with Crippen molar-refractivity contribution in [3.05, 3.63) is 11.6 Å². The van der Waals surface area contributed by atoms with Crippen molar-refractivity contribution in [2.75, 3.05) is 0 Å². The van der Waals surface area contributed by atoms with Crippen LogP contribution in [-0.4, -0.2) is 0 Å². The molecule has 0 amide bonds. The molecule has 1 rings (SSSR count). The first-order chi connectivity index (χ1) is 3.84. The molecular weight excluding hydrogens is 96.1 g/mol. The molecule has 8 heavy (non-hydrogen) atoms. The predicted octanol–water partition coefficient (Wildman–Crippen LogP) is 2.75. The number of hydrogen-bond donors (Lipinski definition) is 0. The molecule has 0 saturated heterocycles. The molecular formula is C8H14. The molecule has 1 aliphatic carbocycles. The van der Waals surface area contributed by atoms with Crippen molar-refractivity contribution in [2.24, 2.45) is 5.92 Å². The van der Waals surface area contributed by atoms with Crippen LogP contribution >= 0.6 is 0 Å². The highest BCUT2D eigenvalue weighted by molar-refractivity contribution is 5.08. The van der Waals surface area contributed by atoms with Gasteiger partial charge in [-0.2, -0.15) is 0 Å². The minimum Gasteiger partial charge on any atom is -0.0882 e. The van der Waals surface area contributed by atoms with E-state index in [4.69, 9.17) is 0 Å². The van der Waals surface area contributed by atoms with Gasteiger partial charge in [0, 0.05) is 0 Å². The molecule has 0 aromatic carbocycles. The van der Waals surface area contributed by atoms with Gasteiger partial charge in [-0.3, -0.25) is 0 Å². The molecule has 0 nitrogen and oxygen atoms in total. The van der Waals surface area contributed by atoms with Crippen LogP contribution in [0.3, 0.4) is 0 Å². The van der Waals surface area contributed by atoms with Gasteiger partial charge in [-0.05, 0) is 32.1 Å². The third-order valence-electron chi connectivity index (χ3n) is 2.11. The Bertz CT molecular complexity index is 101. The molecule has 0 N–H and O–H groups in total. The van der Waals surface area contributed by atoms with Gasteiger partial charge in [0.25, 0.3) is 0 Å². The highest BCUT2D eigenvalue weighted by Crippen LogP contribution is 2.29. The van der Waals surface area contributed by atoms with E-state index in [2.05, 4.69) is 19.9 Å². The molecule has 1 atom stereocenters. The Morgan fingerprint density at radius 2 is 2.38 bits per heavy atom. The Kier molecular flexibility index (Phi) is 1.72. The lowest BCUT2D eigenvalue weighted by Gasteiger charge is -2.00. The maximum atomic E-state index is 2.32. The maximum absolute atomic E-state index is 2.32. The normalized spacial score (nSPS) is 34.2. The molecule has 1 fully saturated rings. The van der Waals surface area contributed by atoms with Crippen LogP contribution in [0.2, 0.25) is 0 Å². The molecule has 1 saturated carbocycles. The van der Waals surface area contributed by atoms with Gasteiger partial charge in [-0.1, -0.05) is 18.6 Å². The van der Waals surface area contributed by atoms with Crippen molar-refractivity contribution in [3.63, 3.8) is 0 Å². The molecule has 1 aliphatic rings. The second-order valence-corrected chi connectivity index (χ2v) is 2.66. The average molecular weight is 110 g/mol. The molecule has 0 aromatic rings. The molecule has 0 unspecified atom stereocenters. The van der Waals surface area contributed by atoms with Gasteiger partial charge in [0.1, 0.15) is 0 Å². The summed E-state index contributed by atoms with van der Waals surface area (Å²) < 4.78 is 0. The van der Waals surface area contributed by atoms with Crippen molar-refractivity contribution >= 4 is 0 Å². The zero-order valence-electron chi connectivity index (χ0n) is 5.78. The van der Waals surface area contributed by atoms with Gasteiger partial charge < -0.3 is 0 Å². The van der Waals surface area contributed by atoms with Gasteiger partial charge in [0.15, 0.2) is 0 Å². The SMILES string of the molecule is C/C=C1/CCC[C@H]1C. The van der Waals surface area contributed by atoms with Gasteiger partial charge in [-0.25, -0.2) is 0 Å². The van der Waals surface area contributed by atoms with Crippen LogP contribution in [0.1, 0.15) is 33.1 Å². The Morgan fingerprint density at radius 3 is 2.62 bits per heavy atom. The van der Waals surface area contributed by atoms with Crippen molar-refractivity contribution in [3.8, 4) is 0 Å². The van der Waals surface area contributed by atoms with Crippen LogP contribution in [0, 0.1) is 5.92 Å². The third kappa shape index (κ3) is 0.936. The first-order valence-corrected chi connectivity index (χ1v) is 3.49. The summed E-state index contributed by atoms with van der Waals surface area (Å²) in [5.41, 5.74) is 1.67. The van der Waals surface area contributed by atoms with Crippen LogP contribution in [0.25, 0.3) is 0 Å². The molecule has 0 aromatic heterocycles. The topological polar surface area (TPSA) is 0 Å². The summed E-state index contributed by atoms with van der Waals surface area (Å²) in [5, 5.41) is 0. The van der Waals surface area contributed by atoms with E-state index >= 15 is 0 Å². The van der Waals surface area contributed by atoms with Crippen molar-refractivity contribution in [1.82, 2.24) is 0 Å². The summed E-state index contributed by atoms with van der Waals surface area (Å²) in [6, 6.07) is 0. The Balaban J connectivity index is 2.55. The zero-order chi connectivity index (χ0) is 5.98. The van der Waals surface area contributed by atoms with Gasteiger partial charge in [-0.15, -0.1) is 0 Å². The van der Waals surface area contributed by atoms with Crippen molar-refractivity contribution < 1.29 is 0 Å². The fourth-order valence-corrected chi connectivity index (χ4v) is 1.47. The fraction of sp³-hybridized carbons (Fsp3) is 0.750. The minimum absolute atomic E-state index is 0.889. The molecule has 0 heterocycles. The smallest absolute Gasteiger partial charge is 0.0232 e. The predicted molar refractivity (Wildman–Crippen MR) is 36.8 cm³/mol. The van der Waals surface area contributed by atoms with Crippen LogP contribution in [0.5, 0.6) is 0 Å². The molecule has 0 spiro atoms. The molecule has 0 aliphatic heterocycles. The zero-order valence-corrected chi connectivity index (χ0v) is 5.78. The Labute approximate surface area is 51.6 Å². The highest BCUT2D eigenvalue weighted by Gasteiger charge is 2.13. The lowest BCUT2D eigenvalue weighted by Crippen LogP contribution is -1.85. The van der Waals surface area contributed by atoms with Crippen LogP contribution in [0.15, 0.2) is 11.6 Å². The Hall–Kier alpha value is -0.260. The summed E-state index contributed by atoms with van der Waals surface area (Å²) in [7, 11) is 0. The second-order valence-electron chi connectivity index (χ2n) is 2.66. The van der Waals surface area contributed by atoms with E-state index in [1.165, 1.54) is 19.3 Å². The van der Waals surface area contributed by atoms with Crippen molar-refractivity contribution in [2.45, 2.75) is 33.1 Å². The molecule has 46 valence electrons. The number of hydrogen-bond acceptors (Lipinski definition) is 0. The van der Waals surface area contributed by atoms with E-state index in [0.717, 1.165) is 5.92 Å². The highest BCUT2D eigenvalue weighted by atomic mass is 14.2. The summed E-state index contributed by atoms with van der Waals surface area (Å²) in [6.45, 7) is 4.47. The van der Waals surface area contributed by atoms with Crippen molar-refractivity contribution in [1.29, 1.82) is 0 Å². The molecule has 0 bridgehead atoms. The van der Waals surface area contributed by atoms with Crippen LogP contribution in [-0.2, 0) is 0 Å². The molecule has 0 heteroatoms. The summed E-state index contributed by atoms with van der Waals surface area (Å²) in [6.07, 6.45) is 6.47. The Morgan fingerprint density at radius 1 is 1.62 bits per heavy atom. The average Bonchev–Trinajstić information content (AvgIpc) is 2.14. The largest absolute Gasteiger partial charge is 0.0882 e. The quantitative estimate of drug-likeness (QED) is 0.420.